The zero-order valence-corrected chi connectivity index (χ0v) is 9.33. The molecule has 82 valence electrons. The fourth-order valence-corrected chi connectivity index (χ4v) is 1.94. The van der Waals surface area contributed by atoms with E-state index in [-0.39, 0.29) is 12.6 Å². The molecule has 1 saturated heterocycles. The van der Waals surface area contributed by atoms with Gasteiger partial charge in [0, 0.05) is 0 Å². The summed E-state index contributed by atoms with van der Waals surface area (Å²) < 4.78 is 5.12. The molecule has 0 saturated carbocycles. The van der Waals surface area contributed by atoms with E-state index in [9.17, 15) is 10.0 Å². The highest BCUT2D eigenvalue weighted by Gasteiger charge is 2.52. The van der Waals surface area contributed by atoms with E-state index in [2.05, 4.69) is 0 Å². The number of carbonyl (C=O) groups is 1. The van der Waals surface area contributed by atoms with Gasteiger partial charge in [-0.2, -0.15) is 5.06 Å². The lowest BCUT2D eigenvalue weighted by atomic mass is 9.86. The number of hydrogen-bond donors (Lipinski definition) is 1. The van der Waals surface area contributed by atoms with Crippen molar-refractivity contribution in [2.75, 3.05) is 6.61 Å². The Morgan fingerprint density at radius 3 is 2.29 bits per heavy atom. The minimum Gasteiger partial charge on any atom is -0.462 e. The summed E-state index contributed by atoms with van der Waals surface area (Å²) in [4.78, 5) is 11.7. The van der Waals surface area contributed by atoms with Gasteiger partial charge in [0.25, 0.3) is 0 Å². The molecule has 1 heterocycles. The van der Waals surface area contributed by atoms with Crippen LogP contribution in [0.4, 0.5) is 0 Å². The molecule has 0 amide bonds. The van der Waals surface area contributed by atoms with Crippen molar-refractivity contribution in [2.24, 2.45) is 0 Å². The summed E-state index contributed by atoms with van der Waals surface area (Å²) in [6.07, 6.45) is 1.12. The van der Waals surface area contributed by atoms with Crippen LogP contribution in [0.3, 0.4) is 0 Å². The first-order chi connectivity index (χ1) is 6.40. The van der Waals surface area contributed by atoms with Gasteiger partial charge < -0.3 is 9.94 Å². The number of ether oxygens (including phenoxy) is 1. The van der Waals surface area contributed by atoms with Crippen molar-refractivity contribution in [3.8, 4) is 0 Å². The van der Waals surface area contributed by atoms with Gasteiger partial charge in [-0.25, -0.2) is 4.79 Å². The van der Waals surface area contributed by atoms with Gasteiger partial charge in [-0.05, 0) is 26.7 Å². The number of hydrogen-bond acceptors (Lipinski definition) is 4. The molecule has 4 nitrogen and oxygen atoms in total. The molecule has 4 heteroatoms. The Kier molecular flexibility index (Phi) is 2.88. The van der Waals surface area contributed by atoms with Crippen LogP contribution in [0.15, 0.2) is 0 Å². The van der Waals surface area contributed by atoms with Gasteiger partial charge in [0.15, 0.2) is 0 Å². The van der Waals surface area contributed by atoms with Crippen molar-refractivity contribution < 1.29 is 14.7 Å². The molecular formula is C10H19NO3. The lowest BCUT2D eigenvalue weighted by Gasteiger charge is -2.48. The van der Waals surface area contributed by atoms with Crippen molar-refractivity contribution in [2.45, 2.75) is 51.6 Å². The standard InChI is InChI=1S/C10H19NO3/c1-5-10(6-2)8(12)14-7-9(3,4)11(10)13/h13H,5-7H2,1-4H3. The number of nitrogens with zero attached hydrogens (tertiary/aromatic N) is 1. The van der Waals surface area contributed by atoms with Crippen LogP contribution >= 0.6 is 0 Å². The van der Waals surface area contributed by atoms with E-state index in [0.29, 0.717) is 12.8 Å². The van der Waals surface area contributed by atoms with Crippen molar-refractivity contribution >= 4 is 5.97 Å². The first kappa shape index (κ1) is 11.5. The smallest absolute Gasteiger partial charge is 0.328 e. The van der Waals surface area contributed by atoms with Gasteiger partial charge in [-0.1, -0.05) is 13.8 Å². The summed E-state index contributed by atoms with van der Waals surface area (Å²) in [5.74, 6) is -0.315. The number of esters is 1. The summed E-state index contributed by atoms with van der Waals surface area (Å²) in [6.45, 7) is 7.73. The zero-order chi connectivity index (χ0) is 11.0. The number of morpholine rings is 1. The third-order valence-electron chi connectivity index (χ3n) is 3.09. The monoisotopic (exact) mass is 201 g/mol. The second-order valence-electron chi connectivity index (χ2n) is 4.44. The molecule has 1 rings (SSSR count). The molecule has 0 spiro atoms. The minimum atomic E-state index is -0.859. The van der Waals surface area contributed by atoms with Gasteiger partial charge in [0.05, 0.1) is 5.54 Å². The molecule has 14 heavy (non-hydrogen) atoms. The average Bonchev–Trinajstić information content (AvgIpc) is 2.16. The number of carbonyl (C=O) groups excluding carboxylic acids is 1. The van der Waals surface area contributed by atoms with E-state index in [4.69, 9.17) is 4.74 Å². The third-order valence-corrected chi connectivity index (χ3v) is 3.09. The summed E-state index contributed by atoms with van der Waals surface area (Å²) in [6, 6.07) is 0. The average molecular weight is 201 g/mol. The van der Waals surface area contributed by atoms with Crippen LogP contribution in [0, 0.1) is 0 Å². The normalized spacial score (nSPS) is 25.9. The summed E-state index contributed by atoms with van der Waals surface area (Å²) in [5, 5.41) is 11.2. The minimum absolute atomic E-state index is 0.240. The largest absolute Gasteiger partial charge is 0.462 e. The predicted molar refractivity (Wildman–Crippen MR) is 52.0 cm³/mol. The Morgan fingerprint density at radius 2 is 1.93 bits per heavy atom. The van der Waals surface area contributed by atoms with E-state index in [1.54, 1.807) is 0 Å². The van der Waals surface area contributed by atoms with Crippen LogP contribution in [0.2, 0.25) is 0 Å². The molecule has 0 aromatic heterocycles. The Balaban J connectivity index is 3.05. The molecule has 0 aliphatic carbocycles. The second-order valence-corrected chi connectivity index (χ2v) is 4.44. The number of rotatable bonds is 2. The van der Waals surface area contributed by atoms with E-state index < -0.39 is 11.1 Å². The van der Waals surface area contributed by atoms with Crippen LogP contribution in [0.25, 0.3) is 0 Å². The van der Waals surface area contributed by atoms with Gasteiger partial charge in [0.2, 0.25) is 0 Å². The number of hydroxylamine groups is 2. The van der Waals surface area contributed by atoms with E-state index in [1.165, 1.54) is 5.06 Å². The zero-order valence-electron chi connectivity index (χ0n) is 9.33. The fraction of sp³-hybridized carbons (Fsp3) is 0.900. The lowest BCUT2D eigenvalue weighted by molar-refractivity contribution is -0.273. The van der Waals surface area contributed by atoms with E-state index in [0.717, 1.165) is 0 Å². The maximum absolute atomic E-state index is 11.7. The van der Waals surface area contributed by atoms with Crippen LogP contribution in [0.1, 0.15) is 40.5 Å². The molecule has 0 aromatic rings. The quantitative estimate of drug-likeness (QED) is 0.689. The number of cyclic esters (lactones) is 1. The molecule has 0 aromatic carbocycles. The Hall–Kier alpha value is -0.610. The molecule has 1 aliphatic rings. The maximum atomic E-state index is 11.7. The summed E-state index contributed by atoms with van der Waals surface area (Å²) in [7, 11) is 0. The lowest BCUT2D eigenvalue weighted by Crippen LogP contribution is -2.66. The summed E-state index contributed by atoms with van der Waals surface area (Å²) in [5.41, 5.74) is -1.36. The van der Waals surface area contributed by atoms with Crippen LogP contribution in [-0.4, -0.2) is 33.9 Å². The van der Waals surface area contributed by atoms with E-state index >= 15 is 0 Å². The Morgan fingerprint density at radius 1 is 1.43 bits per heavy atom. The topological polar surface area (TPSA) is 49.8 Å². The van der Waals surface area contributed by atoms with Gasteiger partial charge in [-0.3, -0.25) is 0 Å². The molecule has 1 N–H and O–H groups in total. The molecule has 1 fully saturated rings. The van der Waals surface area contributed by atoms with Crippen LogP contribution in [-0.2, 0) is 9.53 Å². The molecule has 0 unspecified atom stereocenters. The fourth-order valence-electron chi connectivity index (χ4n) is 1.94. The Labute approximate surface area is 84.8 Å². The maximum Gasteiger partial charge on any atom is 0.328 e. The van der Waals surface area contributed by atoms with Crippen molar-refractivity contribution in [3.05, 3.63) is 0 Å². The second kappa shape index (κ2) is 3.51. The van der Waals surface area contributed by atoms with Crippen LogP contribution in [0.5, 0.6) is 0 Å². The molecule has 0 bridgehead atoms. The third kappa shape index (κ3) is 1.42. The van der Waals surface area contributed by atoms with E-state index in [1.807, 2.05) is 27.7 Å². The SMILES string of the molecule is CCC1(CC)C(=O)OCC(C)(C)N1O. The van der Waals surface area contributed by atoms with Crippen molar-refractivity contribution in [1.82, 2.24) is 5.06 Å². The first-order valence-corrected chi connectivity index (χ1v) is 5.07. The highest BCUT2D eigenvalue weighted by Crippen LogP contribution is 2.34. The summed E-state index contributed by atoms with van der Waals surface area (Å²) >= 11 is 0. The molecular weight excluding hydrogens is 182 g/mol. The van der Waals surface area contributed by atoms with Crippen LogP contribution < -0.4 is 0 Å². The van der Waals surface area contributed by atoms with Gasteiger partial charge in [-0.15, -0.1) is 0 Å². The Bertz CT molecular complexity index is 234. The predicted octanol–water partition coefficient (Wildman–Crippen LogP) is 1.57. The first-order valence-electron chi connectivity index (χ1n) is 5.07. The van der Waals surface area contributed by atoms with Crippen molar-refractivity contribution in [1.29, 1.82) is 0 Å². The van der Waals surface area contributed by atoms with Gasteiger partial charge >= 0.3 is 5.97 Å². The molecule has 0 atom stereocenters. The van der Waals surface area contributed by atoms with Gasteiger partial charge in [0.1, 0.15) is 12.1 Å². The highest BCUT2D eigenvalue weighted by molar-refractivity contribution is 5.81. The van der Waals surface area contributed by atoms with Crippen molar-refractivity contribution in [3.63, 3.8) is 0 Å². The molecule has 1 aliphatic heterocycles. The highest BCUT2D eigenvalue weighted by atomic mass is 16.6. The molecule has 0 radical (unpaired) electrons.